The van der Waals surface area contributed by atoms with Gasteiger partial charge in [-0.2, -0.15) is 4.98 Å². The molecule has 0 aliphatic heterocycles. The maximum absolute atomic E-state index is 5.30. The highest BCUT2D eigenvalue weighted by atomic mass is 16.5. The van der Waals surface area contributed by atoms with Crippen LogP contribution in [-0.2, 0) is 17.6 Å². The maximum atomic E-state index is 5.30. The smallest absolute Gasteiger partial charge is 0.228 e. The summed E-state index contributed by atoms with van der Waals surface area (Å²) in [7, 11) is 3.56. The van der Waals surface area contributed by atoms with E-state index in [9.17, 15) is 0 Å². The summed E-state index contributed by atoms with van der Waals surface area (Å²) < 4.78 is 10.4. The molecule has 0 radical (unpaired) electrons. The molecule has 0 aliphatic carbocycles. The molecule has 0 aromatic carbocycles. The van der Waals surface area contributed by atoms with E-state index >= 15 is 0 Å². The summed E-state index contributed by atoms with van der Waals surface area (Å²) >= 11 is 0. The lowest BCUT2D eigenvalue weighted by molar-refractivity contribution is 0.165. The van der Waals surface area contributed by atoms with Gasteiger partial charge in [-0.15, -0.1) is 0 Å². The van der Waals surface area contributed by atoms with Gasteiger partial charge in [0.15, 0.2) is 0 Å². The third-order valence-electron chi connectivity index (χ3n) is 3.15. The van der Waals surface area contributed by atoms with Crippen molar-refractivity contribution in [1.82, 2.24) is 20.4 Å². The van der Waals surface area contributed by atoms with Crippen molar-refractivity contribution in [2.75, 3.05) is 20.8 Å². The van der Waals surface area contributed by atoms with Crippen molar-refractivity contribution in [3.63, 3.8) is 0 Å². The topological polar surface area (TPSA) is 73.1 Å². The van der Waals surface area contributed by atoms with Crippen molar-refractivity contribution >= 4 is 0 Å². The Morgan fingerprint density at radius 1 is 1.45 bits per heavy atom. The molecule has 2 heterocycles. The van der Waals surface area contributed by atoms with E-state index in [1.54, 1.807) is 13.3 Å². The number of aryl methyl sites for hydroxylation is 1. The van der Waals surface area contributed by atoms with Gasteiger partial charge >= 0.3 is 0 Å². The van der Waals surface area contributed by atoms with E-state index in [0.717, 1.165) is 17.7 Å². The molecule has 2 rings (SSSR count). The molecule has 0 amide bonds. The van der Waals surface area contributed by atoms with E-state index in [4.69, 9.17) is 9.26 Å². The van der Waals surface area contributed by atoms with Crippen LogP contribution in [0, 0.1) is 0 Å². The van der Waals surface area contributed by atoms with E-state index in [2.05, 4.69) is 27.4 Å². The minimum atomic E-state index is 0.155. The van der Waals surface area contributed by atoms with Crippen molar-refractivity contribution in [1.29, 1.82) is 0 Å². The van der Waals surface area contributed by atoms with Crippen LogP contribution in [0.3, 0.4) is 0 Å². The first-order valence-corrected chi connectivity index (χ1v) is 6.71. The zero-order valence-electron chi connectivity index (χ0n) is 12.1. The Kier molecular flexibility index (Phi) is 5.20. The molecule has 0 bridgehead atoms. The number of nitrogens with one attached hydrogen (secondary N) is 1. The minimum absolute atomic E-state index is 0.155. The van der Waals surface area contributed by atoms with Gasteiger partial charge in [0.05, 0.1) is 6.61 Å². The molecule has 6 heteroatoms. The molecule has 0 fully saturated rings. The normalized spacial score (nSPS) is 12.6. The van der Waals surface area contributed by atoms with Crippen molar-refractivity contribution < 1.29 is 9.26 Å². The van der Waals surface area contributed by atoms with Gasteiger partial charge in [-0.05, 0) is 25.1 Å². The lowest BCUT2D eigenvalue weighted by Gasteiger charge is -2.11. The monoisotopic (exact) mass is 276 g/mol. The summed E-state index contributed by atoms with van der Waals surface area (Å²) in [5.41, 5.74) is 1.90. The number of pyridine rings is 1. The first kappa shape index (κ1) is 14.6. The van der Waals surface area contributed by atoms with Gasteiger partial charge in [-0.25, -0.2) is 0 Å². The molecule has 6 nitrogen and oxygen atoms in total. The van der Waals surface area contributed by atoms with E-state index in [0.29, 0.717) is 24.7 Å². The van der Waals surface area contributed by atoms with Gasteiger partial charge in [-0.3, -0.25) is 4.98 Å². The fourth-order valence-electron chi connectivity index (χ4n) is 2.02. The number of ether oxygens (including phenoxy) is 1. The Bertz CT molecular complexity index is 541. The standard InChI is InChI=1S/C14H20N4O2/c1-4-10-6-5-7-16-13(10)14-17-12(20-18-14)8-11(15-2)9-19-3/h5-7,11,15H,4,8-9H2,1-3H3. The van der Waals surface area contributed by atoms with Crippen LogP contribution in [0.15, 0.2) is 22.9 Å². The van der Waals surface area contributed by atoms with Crippen LogP contribution in [0.25, 0.3) is 11.5 Å². The predicted octanol–water partition coefficient (Wildman–Crippen LogP) is 1.47. The average Bonchev–Trinajstić information content (AvgIpc) is 2.95. The van der Waals surface area contributed by atoms with Crippen LogP contribution in [-0.4, -0.2) is 41.9 Å². The molecule has 2 aromatic heterocycles. The predicted molar refractivity (Wildman–Crippen MR) is 75.3 cm³/mol. The minimum Gasteiger partial charge on any atom is -0.383 e. The molecule has 0 aliphatic rings. The third-order valence-corrected chi connectivity index (χ3v) is 3.15. The van der Waals surface area contributed by atoms with E-state index in [1.807, 2.05) is 19.2 Å². The lowest BCUT2D eigenvalue weighted by atomic mass is 10.1. The van der Waals surface area contributed by atoms with Crippen molar-refractivity contribution in [2.45, 2.75) is 25.8 Å². The number of methoxy groups -OCH3 is 1. The zero-order chi connectivity index (χ0) is 14.4. The fraction of sp³-hybridized carbons (Fsp3) is 0.500. The van der Waals surface area contributed by atoms with Gasteiger partial charge in [0, 0.05) is 25.8 Å². The van der Waals surface area contributed by atoms with Crippen LogP contribution in [0.4, 0.5) is 0 Å². The second kappa shape index (κ2) is 7.12. The second-order valence-corrected chi connectivity index (χ2v) is 4.52. The number of hydrogen-bond acceptors (Lipinski definition) is 6. The third kappa shape index (κ3) is 3.40. The highest BCUT2D eigenvalue weighted by Crippen LogP contribution is 2.18. The number of hydrogen-bond donors (Lipinski definition) is 1. The van der Waals surface area contributed by atoms with Gasteiger partial charge in [0.1, 0.15) is 5.69 Å². The molecule has 1 unspecified atom stereocenters. The largest absolute Gasteiger partial charge is 0.383 e. The Morgan fingerprint density at radius 3 is 3.00 bits per heavy atom. The lowest BCUT2D eigenvalue weighted by Crippen LogP contribution is -2.32. The Labute approximate surface area is 118 Å². The first-order chi connectivity index (χ1) is 9.78. The SMILES string of the molecule is CCc1cccnc1-c1noc(CC(COC)NC)n1. The van der Waals surface area contributed by atoms with Crippen molar-refractivity contribution in [2.24, 2.45) is 0 Å². The number of rotatable bonds is 7. The molecule has 0 saturated heterocycles. The van der Waals surface area contributed by atoms with Crippen LogP contribution < -0.4 is 5.32 Å². The summed E-state index contributed by atoms with van der Waals surface area (Å²) in [6, 6.07) is 4.10. The molecule has 0 saturated carbocycles. The number of nitrogens with zero attached hydrogens (tertiary/aromatic N) is 3. The van der Waals surface area contributed by atoms with E-state index in [-0.39, 0.29) is 6.04 Å². The molecule has 20 heavy (non-hydrogen) atoms. The van der Waals surface area contributed by atoms with E-state index < -0.39 is 0 Å². The quantitative estimate of drug-likeness (QED) is 0.825. The molecule has 108 valence electrons. The van der Waals surface area contributed by atoms with Gasteiger partial charge in [-0.1, -0.05) is 18.1 Å². The van der Waals surface area contributed by atoms with Crippen molar-refractivity contribution in [3.8, 4) is 11.5 Å². The zero-order valence-corrected chi connectivity index (χ0v) is 12.1. The molecule has 0 spiro atoms. The fourth-order valence-corrected chi connectivity index (χ4v) is 2.02. The van der Waals surface area contributed by atoms with E-state index in [1.165, 1.54) is 0 Å². The summed E-state index contributed by atoms with van der Waals surface area (Å²) in [6.07, 6.45) is 3.26. The summed E-state index contributed by atoms with van der Waals surface area (Å²) in [5, 5.41) is 7.18. The molecule has 1 atom stereocenters. The number of likely N-dealkylation sites (N-methyl/N-ethyl adjacent to an activating group) is 1. The second-order valence-electron chi connectivity index (χ2n) is 4.52. The highest BCUT2D eigenvalue weighted by Gasteiger charge is 2.16. The highest BCUT2D eigenvalue weighted by molar-refractivity contribution is 5.53. The van der Waals surface area contributed by atoms with Gasteiger partial charge in [0.25, 0.3) is 0 Å². The molecular weight excluding hydrogens is 256 g/mol. The Morgan fingerprint density at radius 2 is 2.30 bits per heavy atom. The van der Waals surface area contributed by atoms with Gasteiger partial charge in [0.2, 0.25) is 11.7 Å². The summed E-state index contributed by atoms with van der Waals surface area (Å²) in [4.78, 5) is 8.77. The van der Waals surface area contributed by atoms with Crippen LogP contribution in [0.1, 0.15) is 18.4 Å². The van der Waals surface area contributed by atoms with Crippen LogP contribution >= 0.6 is 0 Å². The van der Waals surface area contributed by atoms with Crippen molar-refractivity contribution in [3.05, 3.63) is 29.8 Å². The average molecular weight is 276 g/mol. The number of aromatic nitrogens is 3. The van der Waals surface area contributed by atoms with Crippen LogP contribution in [0.2, 0.25) is 0 Å². The molecule has 2 aromatic rings. The van der Waals surface area contributed by atoms with Gasteiger partial charge < -0.3 is 14.6 Å². The molecular formula is C14H20N4O2. The maximum Gasteiger partial charge on any atom is 0.228 e. The Hall–Kier alpha value is -1.79. The first-order valence-electron chi connectivity index (χ1n) is 6.71. The Balaban J connectivity index is 2.16. The molecule has 1 N–H and O–H groups in total. The summed E-state index contributed by atoms with van der Waals surface area (Å²) in [6.45, 7) is 2.68. The van der Waals surface area contributed by atoms with Crippen LogP contribution in [0.5, 0.6) is 0 Å². The summed E-state index contributed by atoms with van der Waals surface area (Å²) in [5.74, 6) is 1.13.